The van der Waals surface area contributed by atoms with Crippen LogP contribution in [0.15, 0.2) is 11.6 Å². The van der Waals surface area contributed by atoms with Crippen LogP contribution in [-0.2, 0) is 9.53 Å². The first-order chi connectivity index (χ1) is 9.65. The van der Waals surface area contributed by atoms with Gasteiger partial charge in [0, 0.05) is 4.92 Å². The number of nitro groups is 1. The van der Waals surface area contributed by atoms with Crippen LogP contribution < -0.4 is 0 Å². The highest BCUT2D eigenvalue weighted by Crippen LogP contribution is 2.60. The predicted molar refractivity (Wildman–Crippen MR) is 79.3 cm³/mol. The number of allylic oxidation sites excluding steroid dienone is 2. The Balaban J connectivity index is 2.11. The van der Waals surface area contributed by atoms with Gasteiger partial charge in [0.1, 0.15) is 5.60 Å². The highest BCUT2D eigenvalue weighted by Gasteiger charge is 2.58. The molecule has 0 aliphatic heterocycles. The van der Waals surface area contributed by atoms with Crippen molar-refractivity contribution < 1.29 is 14.5 Å². The second-order valence-electron chi connectivity index (χ2n) is 7.49. The van der Waals surface area contributed by atoms with Crippen LogP contribution in [0.25, 0.3) is 0 Å². The Morgan fingerprint density at radius 1 is 1.52 bits per heavy atom. The highest BCUT2D eigenvalue weighted by atomic mass is 16.6. The SMILES string of the molecule is CCC1=CC2C(C1)C[C@@]2(CC(=O)OC(C)(C)C)C[N+](=O)[O-]. The fraction of sp³-hybridized carbons (Fsp3) is 0.812. The summed E-state index contributed by atoms with van der Waals surface area (Å²) in [5, 5.41) is 11.0. The average molecular weight is 295 g/mol. The van der Waals surface area contributed by atoms with E-state index in [0.29, 0.717) is 5.92 Å². The second-order valence-corrected chi connectivity index (χ2v) is 7.49. The first-order valence-electron chi connectivity index (χ1n) is 7.68. The van der Waals surface area contributed by atoms with Gasteiger partial charge in [0.25, 0.3) is 0 Å². The molecule has 1 fully saturated rings. The second kappa shape index (κ2) is 5.43. The van der Waals surface area contributed by atoms with Crippen molar-refractivity contribution >= 4 is 5.97 Å². The largest absolute Gasteiger partial charge is 0.460 e. The van der Waals surface area contributed by atoms with Gasteiger partial charge in [0.05, 0.1) is 11.8 Å². The minimum atomic E-state index is -0.546. The Bertz CT molecular complexity index is 477. The molecule has 2 aliphatic rings. The number of fused-ring (bicyclic) bond motifs is 1. The molecule has 0 heterocycles. The number of hydrogen-bond donors (Lipinski definition) is 0. The van der Waals surface area contributed by atoms with Crippen LogP contribution >= 0.6 is 0 Å². The smallest absolute Gasteiger partial charge is 0.307 e. The molecule has 5 nitrogen and oxygen atoms in total. The maximum atomic E-state index is 12.1. The third kappa shape index (κ3) is 3.44. The van der Waals surface area contributed by atoms with Crippen molar-refractivity contribution in [3.8, 4) is 0 Å². The van der Waals surface area contributed by atoms with Crippen LogP contribution in [0.5, 0.6) is 0 Å². The van der Waals surface area contributed by atoms with Gasteiger partial charge in [-0.15, -0.1) is 0 Å². The van der Waals surface area contributed by atoms with Crippen molar-refractivity contribution in [1.82, 2.24) is 0 Å². The molecule has 2 unspecified atom stereocenters. The Labute approximate surface area is 125 Å². The van der Waals surface area contributed by atoms with Crippen molar-refractivity contribution in [3.05, 3.63) is 21.8 Å². The average Bonchev–Trinajstić information content (AvgIpc) is 2.63. The Kier molecular flexibility index (Phi) is 4.13. The van der Waals surface area contributed by atoms with Gasteiger partial charge in [-0.1, -0.05) is 18.6 Å². The molecule has 0 bridgehead atoms. The summed E-state index contributed by atoms with van der Waals surface area (Å²) in [5.41, 5.74) is 0.295. The summed E-state index contributed by atoms with van der Waals surface area (Å²) in [4.78, 5) is 22.9. The zero-order chi connectivity index (χ0) is 15.8. The van der Waals surface area contributed by atoms with E-state index >= 15 is 0 Å². The Morgan fingerprint density at radius 2 is 2.19 bits per heavy atom. The molecule has 3 atom stereocenters. The summed E-state index contributed by atoms with van der Waals surface area (Å²) in [5.74, 6) is 0.342. The number of hydrogen-bond acceptors (Lipinski definition) is 4. The summed E-state index contributed by atoms with van der Waals surface area (Å²) in [6.45, 7) is 7.43. The predicted octanol–water partition coefficient (Wildman–Crippen LogP) is 3.36. The van der Waals surface area contributed by atoms with Crippen molar-refractivity contribution in [2.45, 2.75) is 59.0 Å². The number of nitrogens with zero attached hydrogens (tertiary/aromatic N) is 1. The molecule has 2 rings (SSSR count). The van der Waals surface area contributed by atoms with Crippen molar-refractivity contribution in [1.29, 1.82) is 0 Å². The lowest BCUT2D eigenvalue weighted by Crippen LogP contribution is -2.51. The van der Waals surface area contributed by atoms with Crippen molar-refractivity contribution in [3.63, 3.8) is 0 Å². The van der Waals surface area contributed by atoms with E-state index in [4.69, 9.17) is 4.74 Å². The van der Waals surface area contributed by atoms with E-state index in [1.54, 1.807) is 0 Å². The monoisotopic (exact) mass is 295 g/mol. The van der Waals surface area contributed by atoms with Gasteiger partial charge in [0.15, 0.2) is 0 Å². The first kappa shape index (κ1) is 16.0. The number of rotatable bonds is 5. The molecule has 0 aromatic carbocycles. The molecule has 1 saturated carbocycles. The standard InChI is InChI=1S/C16H25NO4/c1-5-11-6-12-8-16(10-17(19)20,13(12)7-11)9-14(18)21-15(2,3)4/h7,12-13H,5-6,8-10H2,1-4H3/t12?,13?,16-/m1/s1. The van der Waals surface area contributed by atoms with Crippen LogP contribution in [-0.4, -0.2) is 23.0 Å². The summed E-state index contributed by atoms with van der Waals surface area (Å²) in [6.07, 6.45) is 5.13. The van der Waals surface area contributed by atoms with Crippen LogP contribution in [0.4, 0.5) is 0 Å². The van der Waals surface area contributed by atoms with E-state index in [2.05, 4.69) is 13.0 Å². The van der Waals surface area contributed by atoms with Crippen LogP contribution in [0.1, 0.15) is 53.4 Å². The van der Waals surface area contributed by atoms with Crippen LogP contribution in [0, 0.1) is 27.4 Å². The number of carbonyl (C=O) groups is 1. The molecule has 0 saturated heterocycles. The zero-order valence-corrected chi connectivity index (χ0v) is 13.3. The van der Waals surface area contributed by atoms with E-state index in [1.165, 1.54) is 5.57 Å². The molecule has 21 heavy (non-hydrogen) atoms. The minimum absolute atomic E-state index is 0.138. The quantitative estimate of drug-likeness (QED) is 0.337. The number of carbonyl (C=O) groups excluding carboxylic acids is 1. The fourth-order valence-corrected chi connectivity index (χ4v) is 3.90. The maximum Gasteiger partial charge on any atom is 0.307 e. The van der Waals surface area contributed by atoms with E-state index in [1.807, 2.05) is 20.8 Å². The summed E-state index contributed by atoms with van der Waals surface area (Å²) in [7, 11) is 0. The number of esters is 1. The first-order valence-corrected chi connectivity index (χ1v) is 7.68. The third-order valence-corrected chi connectivity index (χ3v) is 4.64. The Morgan fingerprint density at radius 3 is 2.71 bits per heavy atom. The van der Waals surface area contributed by atoms with Gasteiger partial charge in [-0.05, 0) is 51.9 Å². The van der Waals surface area contributed by atoms with Gasteiger partial charge in [-0.2, -0.15) is 0 Å². The molecule has 0 N–H and O–H groups in total. The lowest BCUT2D eigenvalue weighted by atomic mass is 9.53. The molecular formula is C16H25NO4. The molecule has 5 heteroatoms. The number of ether oxygens (including phenoxy) is 1. The van der Waals surface area contributed by atoms with E-state index < -0.39 is 11.0 Å². The molecule has 2 aliphatic carbocycles. The van der Waals surface area contributed by atoms with Gasteiger partial charge < -0.3 is 4.74 Å². The van der Waals surface area contributed by atoms with Crippen molar-refractivity contribution in [2.75, 3.05) is 6.54 Å². The van der Waals surface area contributed by atoms with Crippen molar-refractivity contribution in [2.24, 2.45) is 17.3 Å². The maximum absolute atomic E-state index is 12.1. The summed E-state index contributed by atoms with van der Waals surface area (Å²) < 4.78 is 5.37. The van der Waals surface area contributed by atoms with Gasteiger partial charge >= 0.3 is 5.97 Å². The lowest BCUT2D eigenvalue weighted by Gasteiger charge is -2.49. The molecule has 0 radical (unpaired) electrons. The lowest BCUT2D eigenvalue weighted by molar-refractivity contribution is -0.506. The van der Waals surface area contributed by atoms with E-state index in [-0.39, 0.29) is 29.8 Å². The van der Waals surface area contributed by atoms with Gasteiger partial charge in [-0.3, -0.25) is 14.9 Å². The Hall–Kier alpha value is -1.39. The van der Waals surface area contributed by atoms with E-state index in [9.17, 15) is 14.9 Å². The van der Waals surface area contributed by atoms with Crippen LogP contribution in [0.3, 0.4) is 0 Å². The third-order valence-electron chi connectivity index (χ3n) is 4.64. The van der Waals surface area contributed by atoms with Crippen LogP contribution in [0.2, 0.25) is 0 Å². The van der Waals surface area contributed by atoms with Gasteiger partial charge in [-0.25, -0.2) is 0 Å². The van der Waals surface area contributed by atoms with Gasteiger partial charge in [0.2, 0.25) is 6.54 Å². The topological polar surface area (TPSA) is 69.4 Å². The normalized spacial score (nSPS) is 31.1. The van der Waals surface area contributed by atoms with E-state index in [0.717, 1.165) is 19.3 Å². The molecule has 0 aromatic heterocycles. The summed E-state index contributed by atoms with van der Waals surface area (Å²) in [6, 6.07) is 0. The fourth-order valence-electron chi connectivity index (χ4n) is 3.90. The molecule has 0 amide bonds. The molecular weight excluding hydrogens is 270 g/mol. The zero-order valence-electron chi connectivity index (χ0n) is 13.3. The molecule has 0 aromatic rings. The molecule has 0 spiro atoms. The minimum Gasteiger partial charge on any atom is -0.460 e. The summed E-state index contributed by atoms with van der Waals surface area (Å²) >= 11 is 0. The highest BCUT2D eigenvalue weighted by molar-refractivity contribution is 5.71. The molecule has 118 valence electrons.